The summed E-state index contributed by atoms with van der Waals surface area (Å²) < 4.78 is 10.8. The Labute approximate surface area is 186 Å². The minimum atomic E-state index is 0. The summed E-state index contributed by atoms with van der Waals surface area (Å²) in [6, 6.07) is 3.91. The summed E-state index contributed by atoms with van der Waals surface area (Å²) in [5, 5.41) is 15.7. The minimum absolute atomic E-state index is 0. The number of guanidine groups is 1. The molecule has 1 aromatic heterocycles. The van der Waals surface area contributed by atoms with Crippen LogP contribution in [0.4, 0.5) is 0 Å². The van der Waals surface area contributed by atoms with Gasteiger partial charge >= 0.3 is 0 Å². The third kappa shape index (κ3) is 11.9. The molecule has 0 saturated carbocycles. The van der Waals surface area contributed by atoms with E-state index >= 15 is 0 Å². The summed E-state index contributed by atoms with van der Waals surface area (Å²) in [5.41, 5.74) is 0. The van der Waals surface area contributed by atoms with Gasteiger partial charge in [-0.1, -0.05) is 12.8 Å². The normalized spacial score (nSPS) is 15.2. The first-order valence-corrected chi connectivity index (χ1v) is 10.3. The van der Waals surface area contributed by atoms with Crippen LogP contribution < -0.4 is 10.6 Å². The number of aliphatic imine (C=N–C) groups is 1. The highest BCUT2D eigenvalue weighted by atomic mass is 127. The molecule has 0 spiro atoms. The van der Waals surface area contributed by atoms with E-state index in [1.54, 1.807) is 6.26 Å². The van der Waals surface area contributed by atoms with Crippen LogP contribution in [0.1, 0.15) is 37.9 Å². The highest BCUT2D eigenvalue weighted by Crippen LogP contribution is 2.01. The molecular weight excluding hydrogens is 471 g/mol. The van der Waals surface area contributed by atoms with E-state index in [4.69, 9.17) is 19.3 Å². The number of hydrogen-bond donors (Lipinski definition) is 3. The topological polar surface area (TPSA) is 82.3 Å². The van der Waals surface area contributed by atoms with Gasteiger partial charge in [0.25, 0.3) is 0 Å². The summed E-state index contributed by atoms with van der Waals surface area (Å²) in [6.07, 6.45) is 7.80. The smallest absolute Gasteiger partial charge is 0.191 e. The second-order valence-electron chi connectivity index (χ2n) is 6.86. The molecule has 3 N–H and O–H groups in total. The van der Waals surface area contributed by atoms with Gasteiger partial charge in [0, 0.05) is 52.3 Å². The lowest BCUT2D eigenvalue weighted by atomic mass is 10.2. The van der Waals surface area contributed by atoms with E-state index in [9.17, 15) is 0 Å². The van der Waals surface area contributed by atoms with Crippen LogP contribution in [-0.4, -0.2) is 75.1 Å². The second kappa shape index (κ2) is 17.1. The zero-order valence-electron chi connectivity index (χ0n) is 16.9. The van der Waals surface area contributed by atoms with Gasteiger partial charge in [-0.15, -0.1) is 24.0 Å². The van der Waals surface area contributed by atoms with E-state index in [0.717, 1.165) is 103 Å². The number of hydrogen-bond acceptors (Lipinski definition) is 5. The number of rotatable bonds is 13. The first-order valence-electron chi connectivity index (χ1n) is 10.3. The zero-order chi connectivity index (χ0) is 19.0. The summed E-state index contributed by atoms with van der Waals surface area (Å²) in [6.45, 7) is 7.65. The monoisotopic (exact) mass is 508 g/mol. The van der Waals surface area contributed by atoms with Crippen LogP contribution in [0.15, 0.2) is 27.8 Å². The Morgan fingerprint density at radius 2 is 1.86 bits per heavy atom. The molecule has 2 rings (SSSR count). The summed E-state index contributed by atoms with van der Waals surface area (Å²) >= 11 is 0. The molecule has 1 saturated heterocycles. The molecule has 0 aromatic carbocycles. The highest BCUT2D eigenvalue weighted by molar-refractivity contribution is 14.0. The number of aliphatic hydroxyl groups excluding tert-OH is 1. The maximum Gasteiger partial charge on any atom is 0.191 e. The van der Waals surface area contributed by atoms with Crippen molar-refractivity contribution >= 4 is 29.9 Å². The van der Waals surface area contributed by atoms with E-state index in [-0.39, 0.29) is 30.6 Å². The number of nitrogens with zero attached hydrogens (tertiary/aromatic N) is 2. The highest BCUT2D eigenvalue weighted by Gasteiger charge is 2.09. The number of furan rings is 1. The fourth-order valence-corrected chi connectivity index (χ4v) is 3.04. The lowest BCUT2D eigenvalue weighted by Gasteiger charge is -2.26. The molecule has 7 nitrogen and oxygen atoms in total. The lowest BCUT2D eigenvalue weighted by Crippen LogP contribution is -2.39. The van der Waals surface area contributed by atoms with Crippen molar-refractivity contribution in [2.45, 2.75) is 38.5 Å². The largest absolute Gasteiger partial charge is 0.469 e. The number of aliphatic hydroxyl groups is 1. The molecule has 0 unspecified atom stereocenters. The fourth-order valence-electron chi connectivity index (χ4n) is 3.04. The Balaban J connectivity index is 0.00000392. The Hall–Kier alpha value is -0.840. The van der Waals surface area contributed by atoms with Crippen molar-refractivity contribution in [3.8, 4) is 0 Å². The van der Waals surface area contributed by atoms with Gasteiger partial charge in [-0.05, 0) is 31.4 Å². The van der Waals surface area contributed by atoms with Crippen LogP contribution in [0.25, 0.3) is 0 Å². The van der Waals surface area contributed by atoms with E-state index in [1.807, 2.05) is 12.1 Å². The molecule has 8 heteroatoms. The first-order chi connectivity index (χ1) is 13.4. The number of unbranched alkanes of at least 4 members (excludes halogenated alkanes) is 3. The minimum Gasteiger partial charge on any atom is -0.469 e. The number of morpholine rings is 1. The van der Waals surface area contributed by atoms with E-state index in [0.29, 0.717) is 0 Å². The maximum absolute atomic E-state index is 8.84. The SMILES string of the molecule is I.OCCCCCCNC(=NCCCN1CCOCC1)NCCc1ccco1. The summed E-state index contributed by atoms with van der Waals surface area (Å²) in [5.74, 6) is 1.86. The van der Waals surface area contributed by atoms with Crippen molar-refractivity contribution in [1.29, 1.82) is 0 Å². The van der Waals surface area contributed by atoms with Crippen molar-refractivity contribution in [1.82, 2.24) is 15.5 Å². The van der Waals surface area contributed by atoms with Crippen LogP contribution in [-0.2, 0) is 11.2 Å². The molecule has 0 radical (unpaired) electrons. The van der Waals surface area contributed by atoms with Crippen molar-refractivity contribution in [2.24, 2.45) is 4.99 Å². The summed E-state index contributed by atoms with van der Waals surface area (Å²) in [7, 11) is 0. The van der Waals surface area contributed by atoms with Crippen LogP contribution in [0.2, 0.25) is 0 Å². The van der Waals surface area contributed by atoms with E-state index in [1.165, 1.54) is 0 Å². The van der Waals surface area contributed by atoms with Crippen LogP contribution in [0.5, 0.6) is 0 Å². The van der Waals surface area contributed by atoms with Crippen molar-refractivity contribution in [3.63, 3.8) is 0 Å². The predicted molar refractivity (Wildman–Crippen MR) is 124 cm³/mol. The molecule has 1 aromatic rings. The molecule has 0 bridgehead atoms. The number of ether oxygens (including phenoxy) is 1. The van der Waals surface area contributed by atoms with Crippen LogP contribution >= 0.6 is 24.0 Å². The fraction of sp³-hybridized carbons (Fsp3) is 0.750. The average molecular weight is 508 g/mol. The molecule has 0 atom stereocenters. The Morgan fingerprint density at radius 1 is 1.07 bits per heavy atom. The molecule has 2 heterocycles. The molecule has 0 aliphatic carbocycles. The van der Waals surface area contributed by atoms with Crippen molar-refractivity contribution in [3.05, 3.63) is 24.2 Å². The first kappa shape index (κ1) is 25.2. The molecule has 1 aliphatic rings. The van der Waals surface area contributed by atoms with Crippen molar-refractivity contribution < 1.29 is 14.3 Å². The lowest BCUT2D eigenvalue weighted by molar-refractivity contribution is 0.0377. The second-order valence-corrected chi connectivity index (χ2v) is 6.86. The van der Waals surface area contributed by atoms with E-state index in [2.05, 4.69) is 15.5 Å². The van der Waals surface area contributed by atoms with Gasteiger partial charge in [0.2, 0.25) is 0 Å². The van der Waals surface area contributed by atoms with Crippen LogP contribution in [0.3, 0.4) is 0 Å². The molecule has 28 heavy (non-hydrogen) atoms. The molecular formula is C20H37IN4O3. The van der Waals surface area contributed by atoms with Crippen molar-refractivity contribution in [2.75, 3.05) is 59.1 Å². The van der Waals surface area contributed by atoms with Gasteiger partial charge in [-0.3, -0.25) is 9.89 Å². The molecule has 1 fully saturated rings. The molecule has 1 aliphatic heterocycles. The molecule has 0 amide bonds. The van der Waals surface area contributed by atoms with Gasteiger partial charge in [-0.2, -0.15) is 0 Å². The van der Waals surface area contributed by atoms with E-state index < -0.39 is 0 Å². The van der Waals surface area contributed by atoms with Gasteiger partial charge in [0.15, 0.2) is 5.96 Å². The Morgan fingerprint density at radius 3 is 2.61 bits per heavy atom. The van der Waals surface area contributed by atoms with Crippen LogP contribution in [0, 0.1) is 0 Å². The standard InChI is InChI=1S/C20H36N4O3.HI/c25-15-4-2-1-3-9-21-20(23-11-8-19-7-5-16-27-19)22-10-6-12-24-13-17-26-18-14-24;/h5,7,16,25H,1-4,6,8-15,17-18H2,(H2,21,22,23);1H. The molecule has 162 valence electrons. The van der Waals surface area contributed by atoms with Gasteiger partial charge in [0.05, 0.1) is 19.5 Å². The average Bonchev–Trinajstić information content (AvgIpc) is 3.21. The van der Waals surface area contributed by atoms with Gasteiger partial charge < -0.3 is 24.9 Å². The summed E-state index contributed by atoms with van der Waals surface area (Å²) in [4.78, 5) is 7.17. The van der Waals surface area contributed by atoms with Gasteiger partial charge in [0.1, 0.15) is 5.76 Å². The maximum atomic E-state index is 8.84. The number of nitrogens with one attached hydrogen (secondary N) is 2. The predicted octanol–water partition coefficient (Wildman–Crippen LogP) is 2.25. The Kier molecular flexibility index (Phi) is 15.3. The quantitative estimate of drug-likeness (QED) is 0.164. The zero-order valence-corrected chi connectivity index (χ0v) is 19.2. The third-order valence-electron chi connectivity index (χ3n) is 4.63. The Bertz CT molecular complexity index is 494. The third-order valence-corrected chi connectivity index (χ3v) is 4.63. The van der Waals surface area contributed by atoms with Gasteiger partial charge in [-0.25, -0.2) is 0 Å². The number of halogens is 1.